The van der Waals surface area contributed by atoms with Crippen molar-refractivity contribution in [1.82, 2.24) is 5.32 Å². The topological polar surface area (TPSA) is 38.3 Å². The number of rotatable bonds is 5. The van der Waals surface area contributed by atoms with Crippen LogP contribution in [0.1, 0.15) is 75.7 Å². The van der Waals surface area contributed by atoms with Crippen LogP contribution in [0.15, 0.2) is 24.3 Å². The lowest BCUT2D eigenvalue weighted by atomic mass is 9.54. The Balaban J connectivity index is 1.12. The predicted molar refractivity (Wildman–Crippen MR) is 107 cm³/mol. The predicted octanol–water partition coefficient (Wildman–Crippen LogP) is 5.05. The van der Waals surface area contributed by atoms with Crippen LogP contribution in [-0.2, 0) is 4.79 Å². The van der Waals surface area contributed by atoms with Crippen molar-refractivity contribution in [2.75, 3.05) is 6.61 Å². The largest absolute Gasteiger partial charge is 0.484 e. The Hall–Kier alpha value is -1.51. The fraction of sp³-hybridized carbons (Fsp3) is 0.708. The molecule has 5 saturated carbocycles. The fourth-order valence-electron chi connectivity index (χ4n) is 6.81. The molecule has 1 N–H and O–H groups in total. The zero-order valence-corrected chi connectivity index (χ0v) is 16.4. The maximum atomic E-state index is 12.5. The highest BCUT2D eigenvalue weighted by molar-refractivity contribution is 5.78. The van der Waals surface area contributed by atoms with Crippen LogP contribution in [0.3, 0.4) is 0 Å². The Bertz CT molecular complexity index is 633. The lowest BCUT2D eigenvalue weighted by Gasteiger charge is -2.54. The third-order valence-electron chi connectivity index (χ3n) is 7.88. The Morgan fingerprint density at radius 3 is 2.15 bits per heavy atom. The molecule has 146 valence electrons. The summed E-state index contributed by atoms with van der Waals surface area (Å²) in [5, 5.41) is 3.33. The second-order valence-electron chi connectivity index (χ2n) is 9.72. The molecule has 0 unspecified atom stereocenters. The van der Waals surface area contributed by atoms with Crippen LogP contribution in [-0.4, -0.2) is 18.6 Å². The number of ether oxygens (including phenoxy) is 1. The van der Waals surface area contributed by atoms with E-state index in [9.17, 15) is 4.79 Å². The molecule has 0 spiro atoms. The number of amides is 1. The molecule has 0 aromatic heterocycles. The molecule has 3 nitrogen and oxygen atoms in total. The lowest BCUT2D eigenvalue weighted by molar-refractivity contribution is -0.127. The van der Waals surface area contributed by atoms with Gasteiger partial charge < -0.3 is 10.1 Å². The molecule has 6 rings (SSSR count). The minimum atomic E-state index is 0.0591. The monoisotopic (exact) mass is 367 g/mol. The second kappa shape index (κ2) is 7.48. The Morgan fingerprint density at radius 1 is 0.889 bits per heavy atom. The van der Waals surface area contributed by atoms with E-state index in [1.807, 2.05) is 12.1 Å². The maximum absolute atomic E-state index is 12.5. The molecule has 0 aliphatic heterocycles. The van der Waals surface area contributed by atoms with Gasteiger partial charge in [0.1, 0.15) is 5.75 Å². The van der Waals surface area contributed by atoms with E-state index in [1.54, 1.807) is 0 Å². The summed E-state index contributed by atoms with van der Waals surface area (Å²) in [5.41, 5.74) is 1.43. The van der Waals surface area contributed by atoms with E-state index >= 15 is 0 Å². The summed E-state index contributed by atoms with van der Waals surface area (Å²) in [5.74, 6) is 4.92. The molecule has 5 aliphatic carbocycles. The smallest absolute Gasteiger partial charge is 0.258 e. The quantitative estimate of drug-likeness (QED) is 0.790. The van der Waals surface area contributed by atoms with E-state index in [2.05, 4.69) is 17.4 Å². The van der Waals surface area contributed by atoms with Gasteiger partial charge in [-0.2, -0.15) is 0 Å². The van der Waals surface area contributed by atoms with Gasteiger partial charge in [0.25, 0.3) is 5.91 Å². The molecule has 27 heavy (non-hydrogen) atoms. The van der Waals surface area contributed by atoms with E-state index in [4.69, 9.17) is 4.74 Å². The minimum absolute atomic E-state index is 0.0591. The standard InChI is InChI=1S/C24H33NO2/c26-23(25-24-20-11-16-10-17(13-20)14-21(24)12-16)15-27-22-8-6-19(7-9-22)18-4-2-1-3-5-18/h6-9,16-18,20-21,24H,1-5,10-15H2,(H,25,26). The summed E-state index contributed by atoms with van der Waals surface area (Å²) in [4.78, 5) is 12.5. The molecule has 1 aromatic rings. The minimum Gasteiger partial charge on any atom is -0.484 e. The first kappa shape index (κ1) is 17.6. The van der Waals surface area contributed by atoms with Crippen molar-refractivity contribution >= 4 is 5.91 Å². The summed E-state index contributed by atoms with van der Waals surface area (Å²) in [6, 6.07) is 8.88. The summed E-state index contributed by atoms with van der Waals surface area (Å²) >= 11 is 0. The van der Waals surface area contributed by atoms with E-state index in [-0.39, 0.29) is 12.5 Å². The normalized spacial score (nSPS) is 35.2. The zero-order chi connectivity index (χ0) is 18.2. The van der Waals surface area contributed by atoms with Crippen LogP contribution in [0.2, 0.25) is 0 Å². The lowest BCUT2D eigenvalue weighted by Crippen LogP contribution is -2.56. The van der Waals surface area contributed by atoms with Gasteiger partial charge in [-0.15, -0.1) is 0 Å². The number of hydrogen-bond donors (Lipinski definition) is 1. The van der Waals surface area contributed by atoms with Gasteiger partial charge in [-0.25, -0.2) is 0 Å². The molecular weight excluding hydrogens is 334 g/mol. The van der Waals surface area contributed by atoms with E-state index in [0.29, 0.717) is 12.0 Å². The van der Waals surface area contributed by atoms with Crippen LogP contribution in [0, 0.1) is 23.7 Å². The van der Waals surface area contributed by atoms with Crippen molar-refractivity contribution in [3.8, 4) is 5.75 Å². The van der Waals surface area contributed by atoms with Crippen LogP contribution >= 0.6 is 0 Å². The van der Waals surface area contributed by atoms with Crippen molar-refractivity contribution in [1.29, 1.82) is 0 Å². The molecule has 0 radical (unpaired) electrons. The number of hydrogen-bond acceptors (Lipinski definition) is 2. The molecule has 0 heterocycles. The van der Waals surface area contributed by atoms with E-state index in [0.717, 1.165) is 29.4 Å². The molecule has 5 fully saturated rings. The van der Waals surface area contributed by atoms with Crippen molar-refractivity contribution in [2.24, 2.45) is 23.7 Å². The average Bonchev–Trinajstić information content (AvgIpc) is 2.70. The number of benzene rings is 1. The Kier molecular flexibility index (Phi) is 4.87. The van der Waals surface area contributed by atoms with Crippen LogP contribution in [0.5, 0.6) is 5.75 Å². The number of carbonyl (C=O) groups excluding carboxylic acids is 1. The summed E-state index contributed by atoms with van der Waals surface area (Å²) in [7, 11) is 0. The third-order valence-corrected chi connectivity index (χ3v) is 7.88. The van der Waals surface area contributed by atoms with Gasteiger partial charge in [0.15, 0.2) is 6.61 Å². The molecule has 5 aliphatic rings. The average molecular weight is 368 g/mol. The van der Waals surface area contributed by atoms with Crippen LogP contribution < -0.4 is 10.1 Å². The zero-order valence-electron chi connectivity index (χ0n) is 16.4. The van der Waals surface area contributed by atoms with E-state index < -0.39 is 0 Å². The molecule has 0 atom stereocenters. The van der Waals surface area contributed by atoms with Gasteiger partial charge in [-0.1, -0.05) is 31.4 Å². The third kappa shape index (κ3) is 3.75. The fourth-order valence-corrected chi connectivity index (χ4v) is 6.81. The van der Waals surface area contributed by atoms with Crippen molar-refractivity contribution in [3.63, 3.8) is 0 Å². The summed E-state index contributed by atoms with van der Waals surface area (Å²) < 4.78 is 5.79. The summed E-state index contributed by atoms with van der Waals surface area (Å²) in [6.07, 6.45) is 13.5. The maximum Gasteiger partial charge on any atom is 0.258 e. The Morgan fingerprint density at radius 2 is 1.52 bits per heavy atom. The van der Waals surface area contributed by atoms with E-state index in [1.165, 1.54) is 69.8 Å². The van der Waals surface area contributed by atoms with Crippen molar-refractivity contribution < 1.29 is 9.53 Å². The first-order valence-electron chi connectivity index (χ1n) is 11.3. The van der Waals surface area contributed by atoms with Gasteiger partial charge in [-0.3, -0.25) is 4.79 Å². The first-order valence-corrected chi connectivity index (χ1v) is 11.3. The van der Waals surface area contributed by atoms with Gasteiger partial charge in [-0.05, 0) is 92.2 Å². The molecule has 1 amide bonds. The van der Waals surface area contributed by atoms with Crippen molar-refractivity contribution in [3.05, 3.63) is 29.8 Å². The molecular formula is C24H33NO2. The molecule has 1 aromatic carbocycles. The summed E-state index contributed by atoms with van der Waals surface area (Å²) in [6.45, 7) is 0.144. The van der Waals surface area contributed by atoms with Gasteiger partial charge in [0, 0.05) is 6.04 Å². The van der Waals surface area contributed by atoms with Crippen LogP contribution in [0.4, 0.5) is 0 Å². The second-order valence-corrected chi connectivity index (χ2v) is 9.72. The molecule has 0 saturated heterocycles. The van der Waals surface area contributed by atoms with Crippen LogP contribution in [0.25, 0.3) is 0 Å². The van der Waals surface area contributed by atoms with Gasteiger partial charge in [0.05, 0.1) is 0 Å². The SMILES string of the molecule is O=C(COc1ccc(C2CCCCC2)cc1)NC1C2CC3CC(C2)CC1C3. The number of nitrogens with one attached hydrogen (secondary N) is 1. The highest BCUT2D eigenvalue weighted by Gasteiger charge is 2.48. The highest BCUT2D eigenvalue weighted by atomic mass is 16.5. The van der Waals surface area contributed by atoms with Crippen molar-refractivity contribution in [2.45, 2.75) is 76.2 Å². The van der Waals surface area contributed by atoms with Gasteiger partial charge >= 0.3 is 0 Å². The first-order chi connectivity index (χ1) is 13.2. The number of carbonyl (C=O) groups is 1. The highest BCUT2D eigenvalue weighted by Crippen LogP contribution is 2.53. The Labute approximate surface area is 163 Å². The van der Waals surface area contributed by atoms with Gasteiger partial charge in [0.2, 0.25) is 0 Å². The molecule has 4 bridgehead atoms. The molecule has 3 heteroatoms.